The summed E-state index contributed by atoms with van der Waals surface area (Å²) >= 11 is 0. The van der Waals surface area contributed by atoms with Gasteiger partial charge in [0.1, 0.15) is 11.9 Å². The molecule has 2 nitrogen and oxygen atoms in total. The molecule has 3 rings (SSSR count). The Labute approximate surface area is 127 Å². The summed E-state index contributed by atoms with van der Waals surface area (Å²) in [5.41, 5.74) is 1.44. The number of nitrogens with one attached hydrogen (secondary N) is 1. The lowest BCUT2D eigenvalue weighted by Gasteiger charge is -2.36. The van der Waals surface area contributed by atoms with Gasteiger partial charge in [0.2, 0.25) is 0 Å². The number of para-hydroxylation sites is 1. The molecule has 3 unspecified atom stereocenters. The Kier molecular flexibility index (Phi) is 4.56. The largest absolute Gasteiger partial charge is 0.489 e. The van der Waals surface area contributed by atoms with Crippen molar-refractivity contribution >= 4 is 0 Å². The smallest absolute Gasteiger partial charge is 0.119 e. The Hall–Kier alpha value is -1.80. The van der Waals surface area contributed by atoms with Crippen molar-refractivity contribution in [2.24, 2.45) is 0 Å². The zero-order valence-corrected chi connectivity index (χ0v) is 12.5. The summed E-state index contributed by atoms with van der Waals surface area (Å²) in [5.74, 6) is 1.57. The van der Waals surface area contributed by atoms with E-state index in [1.54, 1.807) is 0 Å². The Balaban J connectivity index is 1.73. The monoisotopic (exact) mass is 281 g/mol. The van der Waals surface area contributed by atoms with Crippen molar-refractivity contribution < 1.29 is 4.74 Å². The standard InChI is InChI=1S/C19H23NO/c1-20-18-13-12-16(15-8-4-2-5-9-15)14-19(18)21-17-10-6-3-7-11-17/h2-11,16,18-20H,12-14H2,1H3. The Morgan fingerprint density at radius 2 is 1.57 bits per heavy atom. The normalized spacial score (nSPS) is 25.5. The van der Waals surface area contributed by atoms with E-state index in [-0.39, 0.29) is 6.10 Å². The van der Waals surface area contributed by atoms with Crippen LogP contribution in [0.2, 0.25) is 0 Å². The fraction of sp³-hybridized carbons (Fsp3) is 0.368. The third kappa shape index (κ3) is 3.45. The van der Waals surface area contributed by atoms with Crippen molar-refractivity contribution in [3.05, 3.63) is 66.2 Å². The molecular weight excluding hydrogens is 258 g/mol. The second-order valence-electron chi connectivity index (χ2n) is 5.79. The van der Waals surface area contributed by atoms with Crippen LogP contribution in [0.5, 0.6) is 5.75 Å². The van der Waals surface area contributed by atoms with E-state index in [4.69, 9.17) is 4.74 Å². The fourth-order valence-electron chi connectivity index (χ4n) is 3.29. The predicted molar refractivity (Wildman–Crippen MR) is 86.7 cm³/mol. The maximum absolute atomic E-state index is 6.25. The topological polar surface area (TPSA) is 21.3 Å². The molecule has 3 atom stereocenters. The van der Waals surface area contributed by atoms with Crippen LogP contribution < -0.4 is 10.1 Å². The molecule has 1 fully saturated rings. The summed E-state index contributed by atoms with van der Waals surface area (Å²) in [6.07, 6.45) is 3.69. The lowest BCUT2D eigenvalue weighted by molar-refractivity contribution is 0.107. The van der Waals surface area contributed by atoms with Crippen LogP contribution in [0, 0.1) is 0 Å². The molecule has 1 aliphatic carbocycles. The van der Waals surface area contributed by atoms with Crippen LogP contribution in [-0.2, 0) is 0 Å². The summed E-state index contributed by atoms with van der Waals surface area (Å²) in [7, 11) is 2.04. The van der Waals surface area contributed by atoms with Crippen molar-refractivity contribution in [2.45, 2.75) is 37.3 Å². The molecular formula is C19H23NO. The first-order valence-corrected chi connectivity index (χ1v) is 7.80. The van der Waals surface area contributed by atoms with Crippen LogP contribution >= 0.6 is 0 Å². The molecule has 2 aromatic rings. The Morgan fingerprint density at radius 3 is 2.24 bits per heavy atom. The molecule has 0 heterocycles. The molecule has 0 spiro atoms. The third-order valence-corrected chi connectivity index (χ3v) is 4.46. The van der Waals surface area contributed by atoms with E-state index in [2.05, 4.69) is 35.6 Å². The SMILES string of the molecule is CNC1CCC(c2ccccc2)CC1Oc1ccccc1. The summed E-state index contributed by atoms with van der Waals surface area (Å²) in [6.45, 7) is 0. The van der Waals surface area contributed by atoms with Gasteiger partial charge in [0, 0.05) is 6.04 Å². The maximum atomic E-state index is 6.25. The maximum Gasteiger partial charge on any atom is 0.119 e. The van der Waals surface area contributed by atoms with Gasteiger partial charge >= 0.3 is 0 Å². The molecule has 0 aliphatic heterocycles. The number of ether oxygens (including phenoxy) is 1. The molecule has 1 aliphatic rings. The van der Waals surface area contributed by atoms with Gasteiger partial charge in [-0.15, -0.1) is 0 Å². The first-order valence-electron chi connectivity index (χ1n) is 7.80. The summed E-state index contributed by atoms with van der Waals surface area (Å²) < 4.78 is 6.25. The van der Waals surface area contributed by atoms with Gasteiger partial charge in [-0.3, -0.25) is 0 Å². The Bertz CT molecular complexity index is 540. The van der Waals surface area contributed by atoms with E-state index in [9.17, 15) is 0 Å². The average Bonchev–Trinajstić information content (AvgIpc) is 2.56. The summed E-state index contributed by atoms with van der Waals surface area (Å²) in [4.78, 5) is 0. The molecule has 0 aromatic heterocycles. The highest BCUT2D eigenvalue weighted by Gasteiger charge is 2.31. The van der Waals surface area contributed by atoms with E-state index in [0.29, 0.717) is 12.0 Å². The highest BCUT2D eigenvalue weighted by atomic mass is 16.5. The molecule has 110 valence electrons. The van der Waals surface area contributed by atoms with Crippen LogP contribution in [0.25, 0.3) is 0 Å². The van der Waals surface area contributed by atoms with E-state index in [1.807, 2.05) is 37.4 Å². The Morgan fingerprint density at radius 1 is 0.905 bits per heavy atom. The minimum atomic E-state index is 0.233. The quantitative estimate of drug-likeness (QED) is 0.915. The lowest BCUT2D eigenvalue weighted by Crippen LogP contribution is -2.45. The van der Waals surface area contributed by atoms with Crippen LogP contribution in [0.3, 0.4) is 0 Å². The van der Waals surface area contributed by atoms with Crippen molar-refractivity contribution in [1.82, 2.24) is 5.32 Å². The zero-order chi connectivity index (χ0) is 14.5. The number of hydrogen-bond acceptors (Lipinski definition) is 2. The molecule has 1 N–H and O–H groups in total. The minimum Gasteiger partial charge on any atom is -0.489 e. The second kappa shape index (κ2) is 6.77. The van der Waals surface area contributed by atoms with Gasteiger partial charge in [-0.1, -0.05) is 48.5 Å². The van der Waals surface area contributed by atoms with E-state index < -0.39 is 0 Å². The highest BCUT2D eigenvalue weighted by molar-refractivity contribution is 5.23. The molecule has 0 radical (unpaired) electrons. The lowest BCUT2D eigenvalue weighted by atomic mass is 9.80. The number of benzene rings is 2. The third-order valence-electron chi connectivity index (χ3n) is 4.46. The second-order valence-corrected chi connectivity index (χ2v) is 5.79. The van der Waals surface area contributed by atoms with Crippen molar-refractivity contribution in [3.63, 3.8) is 0 Å². The van der Waals surface area contributed by atoms with Crippen molar-refractivity contribution in [1.29, 1.82) is 0 Å². The molecule has 21 heavy (non-hydrogen) atoms. The predicted octanol–water partition coefficient (Wildman–Crippen LogP) is 3.99. The van der Waals surface area contributed by atoms with Crippen LogP contribution in [-0.4, -0.2) is 19.2 Å². The van der Waals surface area contributed by atoms with Gasteiger partial charge in [-0.2, -0.15) is 0 Å². The van der Waals surface area contributed by atoms with Gasteiger partial charge in [0.15, 0.2) is 0 Å². The summed E-state index contributed by atoms with van der Waals surface area (Å²) in [5, 5.41) is 3.42. The van der Waals surface area contributed by atoms with Gasteiger partial charge < -0.3 is 10.1 Å². The highest BCUT2D eigenvalue weighted by Crippen LogP contribution is 2.34. The van der Waals surface area contributed by atoms with E-state index >= 15 is 0 Å². The van der Waals surface area contributed by atoms with Crippen molar-refractivity contribution in [2.75, 3.05) is 7.05 Å². The first kappa shape index (κ1) is 14.2. The molecule has 2 aromatic carbocycles. The van der Waals surface area contributed by atoms with Crippen molar-refractivity contribution in [3.8, 4) is 5.75 Å². The fourth-order valence-corrected chi connectivity index (χ4v) is 3.29. The number of likely N-dealkylation sites (N-methyl/N-ethyl adjacent to an activating group) is 1. The first-order chi connectivity index (χ1) is 10.4. The van der Waals surface area contributed by atoms with Gasteiger partial charge in [-0.05, 0) is 49.9 Å². The van der Waals surface area contributed by atoms with Crippen LogP contribution in [0.4, 0.5) is 0 Å². The van der Waals surface area contributed by atoms with Gasteiger partial charge in [0.05, 0.1) is 0 Å². The van der Waals surface area contributed by atoms with Crippen LogP contribution in [0.15, 0.2) is 60.7 Å². The van der Waals surface area contributed by atoms with E-state index in [1.165, 1.54) is 12.0 Å². The number of rotatable bonds is 4. The van der Waals surface area contributed by atoms with Gasteiger partial charge in [0.25, 0.3) is 0 Å². The van der Waals surface area contributed by atoms with Crippen LogP contribution in [0.1, 0.15) is 30.7 Å². The minimum absolute atomic E-state index is 0.233. The number of hydrogen-bond donors (Lipinski definition) is 1. The molecule has 1 saturated carbocycles. The molecule has 2 heteroatoms. The molecule has 0 saturated heterocycles. The zero-order valence-electron chi connectivity index (χ0n) is 12.5. The van der Waals surface area contributed by atoms with Gasteiger partial charge in [-0.25, -0.2) is 0 Å². The molecule has 0 bridgehead atoms. The molecule has 0 amide bonds. The average molecular weight is 281 g/mol. The summed E-state index contributed by atoms with van der Waals surface area (Å²) in [6, 6.07) is 21.4. The van der Waals surface area contributed by atoms with E-state index in [0.717, 1.165) is 18.6 Å².